The van der Waals surface area contributed by atoms with E-state index in [-0.39, 0.29) is 17.2 Å². The van der Waals surface area contributed by atoms with E-state index in [4.69, 9.17) is 19.9 Å². The van der Waals surface area contributed by atoms with E-state index in [1.807, 2.05) is 13.0 Å². The number of carbonyl (C=O) groups is 1. The molecule has 1 heterocycles. The molecule has 1 aromatic rings. The molecule has 0 saturated heterocycles. The molecule has 0 saturated carbocycles. The van der Waals surface area contributed by atoms with E-state index < -0.39 is 5.92 Å². The molecule has 1 aliphatic carbocycles. The van der Waals surface area contributed by atoms with Crippen molar-refractivity contribution in [2.45, 2.75) is 32.1 Å². The molecule has 0 aromatic heterocycles. The predicted octanol–water partition coefficient (Wildman–Crippen LogP) is 2.91. The molecule has 1 unspecified atom stereocenters. The van der Waals surface area contributed by atoms with Crippen LogP contribution in [0.15, 0.2) is 41.0 Å². The number of allylic oxidation sites excluding steroid dienone is 3. The van der Waals surface area contributed by atoms with Gasteiger partial charge in [-0.1, -0.05) is 6.07 Å². The Morgan fingerprint density at radius 2 is 2.16 bits per heavy atom. The van der Waals surface area contributed by atoms with E-state index in [9.17, 15) is 10.1 Å². The van der Waals surface area contributed by atoms with E-state index in [1.165, 1.54) is 0 Å². The Balaban J connectivity index is 2.14. The van der Waals surface area contributed by atoms with Crippen molar-refractivity contribution in [2.75, 3.05) is 13.7 Å². The fourth-order valence-electron chi connectivity index (χ4n) is 3.33. The highest BCUT2D eigenvalue weighted by atomic mass is 16.5. The minimum Gasteiger partial charge on any atom is -0.493 e. The maximum Gasteiger partial charge on any atom is 0.205 e. The number of hydrogen-bond acceptors (Lipinski definition) is 6. The Morgan fingerprint density at radius 3 is 2.84 bits per heavy atom. The summed E-state index contributed by atoms with van der Waals surface area (Å²) in [6, 6.07) is 7.51. The maximum absolute atomic E-state index is 12.5. The summed E-state index contributed by atoms with van der Waals surface area (Å²) in [6.07, 6.45) is 1.82. The minimum absolute atomic E-state index is 0.000600. The van der Waals surface area contributed by atoms with Crippen LogP contribution in [-0.2, 0) is 9.53 Å². The van der Waals surface area contributed by atoms with Gasteiger partial charge in [-0.05, 0) is 31.0 Å². The quantitative estimate of drug-likeness (QED) is 0.905. The summed E-state index contributed by atoms with van der Waals surface area (Å²) in [5.41, 5.74) is 7.49. The van der Waals surface area contributed by atoms with Gasteiger partial charge < -0.3 is 19.9 Å². The predicted molar refractivity (Wildman–Crippen MR) is 90.7 cm³/mol. The van der Waals surface area contributed by atoms with Crippen LogP contribution in [0.1, 0.15) is 37.7 Å². The van der Waals surface area contributed by atoms with Gasteiger partial charge in [0, 0.05) is 18.4 Å². The summed E-state index contributed by atoms with van der Waals surface area (Å²) in [7, 11) is 1.55. The second-order valence-electron chi connectivity index (χ2n) is 5.88. The van der Waals surface area contributed by atoms with Crippen molar-refractivity contribution in [3.63, 3.8) is 0 Å². The van der Waals surface area contributed by atoms with Crippen LogP contribution in [0.3, 0.4) is 0 Å². The molecule has 1 aliphatic heterocycles. The van der Waals surface area contributed by atoms with Gasteiger partial charge in [0.2, 0.25) is 5.88 Å². The SMILES string of the molecule is CCOc1ccc(C2C(C#N)=C(N)OC3=C2C(=O)CCC3)cc1OC. The third-order valence-electron chi connectivity index (χ3n) is 4.43. The Hall–Kier alpha value is -2.94. The van der Waals surface area contributed by atoms with Gasteiger partial charge in [0.1, 0.15) is 17.4 Å². The molecule has 3 rings (SSSR count). The van der Waals surface area contributed by atoms with Crippen molar-refractivity contribution < 1.29 is 19.0 Å². The van der Waals surface area contributed by atoms with Crippen molar-refractivity contribution >= 4 is 5.78 Å². The second kappa shape index (κ2) is 6.89. The zero-order chi connectivity index (χ0) is 18.0. The summed E-state index contributed by atoms with van der Waals surface area (Å²) in [6.45, 7) is 2.40. The third kappa shape index (κ3) is 2.93. The van der Waals surface area contributed by atoms with Gasteiger partial charge in [0.05, 0.1) is 19.6 Å². The molecule has 130 valence electrons. The zero-order valence-electron chi connectivity index (χ0n) is 14.3. The van der Waals surface area contributed by atoms with Crippen LogP contribution < -0.4 is 15.2 Å². The standard InChI is InChI=1S/C19H20N2O4/c1-3-24-14-8-7-11(9-16(14)23-2)17-12(10-20)19(21)25-15-6-4-5-13(22)18(15)17/h7-9,17H,3-6,21H2,1-2H3. The Kier molecular flexibility index (Phi) is 4.66. The molecule has 0 amide bonds. The van der Waals surface area contributed by atoms with Crippen molar-refractivity contribution in [2.24, 2.45) is 5.73 Å². The number of rotatable bonds is 4. The molecule has 25 heavy (non-hydrogen) atoms. The van der Waals surface area contributed by atoms with E-state index >= 15 is 0 Å². The molecule has 1 atom stereocenters. The third-order valence-corrected chi connectivity index (χ3v) is 4.43. The van der Waals surface area contributed by atoms with Crippen LogP contribution in [0.25, 0.3) is 0 Å². The largest absolute Gasteiger partial charge is 0.493 e. The number of nitrogens with zero attached hydrogens (tertiary/aromatic N) is 1. The minimum atomic E-state index is -0.536. The van der Waals surface area contributed by atoms with Crippen molar-refractivity contribution in [3.8, 4) is 17.6 Å². The topological polar surface area (TPSA) is 94.6 Å². The average Bonchev–Trinajstić information content (AvgIpc) is 2.61. The van der Waals surface area contributed by atoms with Crippen LogP contribution in [0.5, 0.6) is 11.5 Å². The molecule has 1 aromatic carbocycles. The number of hydrogen-bond donors (Lipinski definition) is 1. The van der Waals surface area contributed by atoms with Crippen LogP contribution in [0.2, 0.25) is 0 Å². The highest BCUT2D eigenvalue weighted by molar-refractivity contribution is 5.99. The Bertz CT molecular complexity index is 817. The van der Waals surface area contributed by atoms with E-state index in [0.29, 0.717) is 42.3 Å². The lowest BCUT2D eigenvalue weighted by atomic mass is 9.77. The van der Waals surface area contributed by atoms with Crippen LogP contribution in [0.4, 0.5) is 0 Å². The molecule has 6 nitrogen and oxygen atoms in total. The number of nitriles is 1. The van der Waals surface area contributed by atoms with Crippen molar-refractivity contribution in [1.82, 2.24) is 0 Å². The molecule has 0 spiro atoms. The van der Waals surface area contributed by atoms with Gasteiger partial charge in [-0.25, -0.2) is 0 Å². The number of carbonyl (C=O) groups excluding carboxylic acids is 1. The summed E-state index contributed by atoms with van der Waals surface area (Å²) >= 11 is 0. The molecule has 2 N–H and O–H groups in total. The summed E-state index contributed by atoms with van der Waals surface area (Å²) in [5, 5.41) is 9.58. The summed E-state index contributed by atoms with van der Waals surface area (Å²) < 4.78 is 16.5. The number of ketones is 1. The first-order chi connectivity index (χ1) is 12.1. The Morgan fingerprint density at radius 1 is 1.36 bits per heavy atom. The first kappa shape index (κ1) is 16.9. The second-order valence-corrected chi connectivity index (χ2v) is 5.88. The Labute approximate surface area is 146 Å². The first-order valence-electron chi connectivity index (χ1n) is 8.25. The van der Waals surface area contributed by atoms with E-state index in [1.54, 1.807) is 19.2 Å². The van der Waals surface area contributed by atoms with Crippen molar-refractivity contribution in [1.29, 1.82) is 5.26 Å². The molecular weight excluding hydrogens is 320 g/mol. The van der Waals surface area contributed by atoms with E-state index in [0.717, 1.165) is 12.0 Å². The number of Topliss-reactive ketones (excluding diaryl/α,β-unsaturated/α-hetero) is 1. The first-order valence-corrected chi connectivity index (χ1v) is 8.25. The van der Waals surface area contributed by atoms with Gasteiger partial charge in [0.15, 0.2) is 17.3 Å². The van der Waals surface area contributed by atoms with Crippen molar-refractivity contribution in [3.05, 3.63) is 46.6 Å². The normalized spacial score (nSPS) is 19.9. The molecule has 2 aliphatic rings. The number of methoxy groups -OCH3 is 1. The van der Waals surface area contributed by atoms with Crippen LogP contribution in [0, 0.1) is 11.3 Å². The lowest BCUT2D eigenvalue weighted by Gasteiger charge is -2.31. The summed E-state index contributed by atoms with van der Waals surface area (Å²) in [4.78, 5) is 12.5. The smallest absolute Gasteiger partial charge is 0.205 e. The van der Waals surface area contributed by atoms with Gasteiger partial charge in [-0.2, -0.15) is 5.26 Å². The number of ether oxygens (including phenoxy) is 3. The number of benzene rings is 1. The monoisotopic (exact) mass is 340 g/mol. The van der Waals surface area contributed by atoms with Gasteiger partial charge in [-0.15, -0.1) is 0 Å². The molecule has 0 radical (unpaired) electrons. The van der Waals surface area contributed by atoms with Crippen LogP contribution in [-0.4, -0.2) is 19.5 Å². The molecule has 6 heteroatoms. The highest BCUT2D eigenvalue weighted by Crippen LogP contribution is 2.44. The molecule has 0 fully saturated rings. The van der Waals surface area contributed by atoms with E-state index in [2.05, 4.69) is 6.07 Å². The fourth-order valence-corrected chi connectivity index (χ4v) is 3.33. The molecule has 0 bridgehead atoms. The maximum atomic E-state index is 12.5. The lowest BCUT2D eigenvalue weighted by Crippen LogP contribution is -2.27. The van der Waals surface area contributed by atoms with Gasteiger partial charge in [-0.3, -0.25) is 4.79 Å². The average molecular weight is 340 g/mol. The summed E-state index contributed by atoms with van der Waals surface area (Å²) in [5.74, 6) is 1.26. The number of nitrogens with two attached hydrogens (primary N) is 1. The lowest BCUT2D eigenvalue weighted by molar-refractivity contribution is -0.116. The molecular formula is C19H20N2O4. The zero-order valence-corrected chi connectivity index (χ0v) is 14.3. The fraction of sp³-hybridized carbons (Fsp3) is 0.368. The highest BCUT2D eigenvalue weighted by Gasteiger charge is 2.38. The van der Waals surface area contributed by atoms with Gasteiger partial charge >= 0.3 is 0 Å². The van der Waals surface area contributed by atoms with Gasteiger partial charge in [0.25, 0.3) is 0 Å². The van der Waals surface area contributed by atoms with Crippen LogP contribution >= 0.6 is 0 Å².